The quantitative estimate of drug-likeness (QED) is 0.661. The lowest BCUT2D eigenvalue weighted by molar-refractivity contribution is -0.200. The number of halogens is 1. The van der Waals surface area contributed by atoms with Gasteiger partial charge in [0.1, 0.15) is 35.6 Å². The fourth-order valence-electron chi connectivity index (χ4n) is 3.32. The molecule has 0 bridgehead atoms. The van der Waals surface area contributed by atoms with Crippen LogP contribution in [0.15, 0.2) is 42.5 Å². The monoisotopic (exact) mass is 424 g/mol. The summed E-state index contributed by atoms with van der Waals surface area (Å²) in [4.78, 5) is 0. The summed E-state index contributed by atoms with van der Waals surface area (Å²) >= 11 is 7.68. The van der Waals surface area contributed by atoms with Crippen molar-refractivity contribution in [2.45, 2.75) is 43.2 Å². The van der Waals surface area contributed by atoms with Crippen LogP contribution in [0.3, 0.4) is 0 Å². The molecule has 1 fully saturated rings. The highest BCUT2D eigenvalue weighted by Gasteiger charge is 2.44. The van der Waals surface area contributed by atoms with E-state index >= 15 is 0 Å². The average molecular weight is 425 g/mol. The van der Waals surface area contributed by atoms with Gasteiger partial charge < -0.3 is 24.8 Å². The first-order valence-electron chi connectivity index (χ1n) is 9.17. The third-order valence-corrected chi connectivity index (χ3v) is 6.05. The zero-order valence-corrected chi connectivity index (χ0v) is 17.4. The van der Waals surface area contributed by atoms with Crippen LogP contribution in [0.4, 0.5) is 0 Å². The molecule has 3 rings (SSSR count). The topological polar surface area (TPSA) is 79.2 Å². The Kier molecular flexibility index (Phi) is 7.25. The van der Waals surface area contributed by atoms with Gasteiger partial charge in [-0.15, -0.1) is 11.8 Å². The molecule has 1 aliphatic heterocycles. The molecule has 0 aromatic heterocycles. The van der Waals surface area contributed by atoms with Crippen LogP contribution in [-0.4, -0.2) is 51.9 Å². The molecule has 0 spiro atoms. The number of aliphatic hydroxyl groups excluding tert-OH is 3. The maximum absolute atomic E-state index is 10.4. The highest BCUT2D eigenvalue weighted by molar-refractivity contribution is 7.99. The van der Waals surface area contributed by atoms with E-state index in [1.807, 2.05) is 37.3 Å². The van der Waals surface area contributed by atoms with Crippen LogP contribution >= 0.6 is 23.4 Å². The van der Waals surface area contributed by atoms with E-state index in [4.69, 9.17) is 21.1 Å². The number of ether oxygens (including phenoxy) is 2. The summed E-state index contributed by atoms with van der Waals surface area (Å²) in [5, 5.41) is 31.2. The normalized spacial score (nSPS) is 27.6. The van der Waals surface area contributed by atoms with Gasteiger partial charge in [0.05, 0.1) is 6.61 Å². The zero-order valence-electron chi connectivity index (χ0n) is 15.8. The number of aliphatic hydroxyl groups is 3. The van der Waals surface area contributed by atoms with E-state index in [9.17, 15) is 15.3 Å². The summed E-state index contributed by atoms with van der Waals surface area (Å²) in [6.45, 7) is 2.56. The van der Waals surface area contributed by atoms with E-state index in [1.165, 1.54) is 11.8 Å². The summed E-state index contributed by atoms with van der Waals surface area (Å²) in [6.07, 6.45) is -1.99. The Labute approximate surface area is 174 Å². The second-order valence-electron chi connectivity index (χ2n) is 6.74. The molecule has 2 aromatic carbocycles. The van der Waals surface area contributed by atoms with Gasteiger partial charge in [-0.2, -0.15) is 0 Å². The zero-order chi connectivity index (χ0) is 20.3. The van der Waals surface area contributed by atoms with Crippen molar-refractivity contribution in [3.63, 3.8) is 0 Å². The van der Waals surface area contributed by atoms with E-state index in [-0.39, 0.29) is 0 Å². The first kappa shape index (κ1) is 21.4. The van der Waals surface area contributed by atoms with Gasteiger partial charge in [0.15, 0.2) is 0 Å². The minimum atomic E-state index is -1.28. The Morgan fingerprint density at radius 1 is 1.04 bits per heavy atom. The molecule has 0 radical (unpaired) electrons. The Morgan fingerprint density at radius 2 is 1.75 bits per heavy atom. The van der Waals surface area contributed by atoms with Crippen LogP contribution in [0.25, 0.3) is 0 Å². The van der Waals surface area contributed by atoms with Crippen LogP contribution in [0.2, 0.25) is 5.02 Å². The van der Waals surface area contributed by atoms with Crippen molar-refractivity contribution >= 4 is 23.4 Å². The van der Waals surface area contributed by atoms with Crippen molar-refractivity contribution in [1.29, 1.82) is 0 Å². The molecule has 7 heteroatoms. The van der Waals surface area contributed by atoms with Crippen molar-refractivity contribution < 1.29 is 24.8 Å². The van der Waals surface area contributed by atoms with Gasteiger partial charge in [-0.1, -0.05) is 35.9 Å². The number of thioether (sulfide) groups is 1. The summed E-state index contributed by atoms with van der Waals surface area (Å²) in [7, 11) is 0. The number of hydrogen-bond donors (Lipinski definition) is 3. The SMILES string of the molecule is CCOc1ccc(Cc2cc(C3OC(SC)[C@@H](O)C(O)[C@H]3O)ccc2Cl)cc1. The van der Waals surface area contributed by atoms with Gasteiger partial charge in [-0.25, -0.2) is 0 Å². The Morgan fingerprint density at radius 3 is 2.39 bits per heavy atom. The van der Waals surface area contributed by atoms with Crippen LogP contribution in [0.5, 0.6) is 5.75 Å². The van der Waals surface area contributed by atoms with Gasteiger partial charge in [0.25, 0.3) is 0 Å². The van der Waals surface area contributed by atoms with E-state index in [0.717, 1.165) is 16.9 Å². The van der Waals surface area contributed by atoms with Gasteiger partial charge in [-0.05, 0) is 54.5 Å². The fraction of sp³-hybridized carbons (Fsp3) is 0.429. The van der Waals surface area contributed by atoms with E-state index in [2.05, 4.69) is 0 Å². The van der Waals surface area contributed by atoms with Crippen molar-refractivity contribution in [2.75, 3.05) is 12.9 Å². The lowest BCUT2D eigenvalue weighted by atomic mass is 9.92. The summed E-state index contributed by atoms with van der Waals surface area (Å²) < 4.78 is 11.3. The first-order chi connectivity index (χ1) is 13.4. The molecule has 5 atom stereocenters. The van der Waals surface area contributed by atoms with Gasteiger partial charge >= 0.3 is 0 Å². The molecule has 1 aliphatic rings. The molecule has 28 heavy (non-hydrogen) atoms. The molecule has 0 amide bonds. The predicted molar refractivity (Wildman–Crippen MR) is 111 cm³/mol. The Balaban J connectivity index is 1.82. The maximum atomic E-state index is 10.4. The van der Waals surface area contributed by atoms with Crippen molar-refractivity contribution in [1.82, 2.24) is 0 Å². The standard InChI is InChI=1S/C21H25ClO5S/c1-3-26-15-7-4-12(5-8-15)10-14-11-13(6-9-16(14)22)20-18(24)17(23)19(25)21(27-20)28-2/h4-9,11,17-21,23-25H,3,10H2,1-2H3/t17?,18-,19+,20?,21?/m1/s1. The van der Waals surface area contributed by atoms with Crippen LogP contribution in [0.1, 0.15) is 29.7 Å². The van der Waals surface area contributed by atoms with E-state index < -0.39 is 29.9 Å². The predicted octanol–water partition coefficient (Wildman–Crippen LogP) is 3.17. The highest BCUT2D eigenvalue weighted by Crippen LogP contribution is 2.37. The highest BCUT2D eigenvalue weighted by atomic mass is 35.5. The van der Waals surface area contributed by atoms with Crippen molar-refractivity contribution in [3.8, 4) is 5.75 Å². The van der Waals surface area contributed by atoms with Crippen LogP contribution in [-0.2, 0) is 11.2 Å². The minimum absolute atomic E-state index is 0.610. The second kappa shape index (κ2) is 9.48. The molecule has 152 valence electrons. The van der Waals surface area contributed by atoms with Gasteiger partial charge in [0.2, 0.25) is 0 Å². The van der Waals surface area contributed by atoms with Crippen molar-refractivity contribution in [3.05, 3.63) is 64.2 Å². The average Bonchev–Trinajstić information content (AvgIpc) is 2.70. The summed E-state index contributed by atoms with van der Waals surface area (Å²) in [5.41, 5.74) is 2.06. The van der Waals surface area contributed by atoms with E-state index in [1.54, 1.807) is 18.4 Å². The molecule has 0 aliphatic carbocycles. The molecule has 3 unspecified atom stereocenters. The molecular formula is C21H25ClO5S. The number of hydrogen-bond acceptors (Lipinski definition) is 6. The summed E-state index contributed by atoms with van der Waals surface area (Å²) in [6, 6.07) is 13.3. The minimum Gasteiger partial charge on any atom is -0.494 e. The third kappa shape index (κ3) is 4.64. The van der Waals surface area contributed by atoms with Crippen LogP contribution in [0, 0.1) is 0 Å². The molecule has 1 heterocycles. The molecule has 3 N–H and O–H groups in total. The molecule has 1 saturated heterocycles. The molecular weight excluding hydrogens is 400 g/mol. The van der Waals surface area contributed by atoms with Crippen LogP contribution < -0.4 is 4.74 Å². The van der Waals surface area contributed by atoms with Crippen molar-refractivity contribution in [2.24, 2.45) is 0 Å². The second-order valence-corrected chi connectivity index (χ2v) is 8.08. The Bertz CT molecular complexity index is 783. The van der Waals surface area contributed by atoms with Gasteiger partial charge in [-0.3, -0.25) is 0 Å². The third-order valence-electron chi connectivity index (χ3n) is 4.83. The lowest BCUT2D eigenvalue weighted by Gasteiger charge is -2.40. The number of rotatable bonds is 6. The van der Waals surface area contributed by atoms with E-state index in [0.29, 0.717) is 23.6 Å². The van der Waals surface area contributed by atoms with Gasteiger partial charge in [0, 0.05) is 5.02 Å². The molecule has 2 aromatic rings. The lowest BCUT2D eigenvalue weighted by Crippen LogP contribution is -2.52. The molecule has 5 nitrogen and oxygen atoms in total. The summed E-state index contributed by atoms with van der Waals surface area (Å²) in [5.74, 6) is 0.820. The fourth-order valence-corrected chi connectivity index (χ4v) is 4.17. The largest absolute Gasteiger partial charge is 0.494 e. The molecule has 0 saturated carbocycles. The smallest absolute Gasteiger partial charge is 0.132 e. The number of benzene rings is 2. The first-order valence-corrected chi connectivity index (χ1v) is 10.8. The Hall–Kier alpha value is -1.28. The maximum Gasteiger partial charge on any atom is 0.132 e.